The Kier molecular flexibility index (Phi) is 78.2. The average molecular weight is 1040 g/mol. The molecular formula is C62H134O10. The summed E-state index contributed by atoms with van der Waals surface area (Å²) >= 11 is 0. The van der Waals surface area contributed by atoms with E-state index < -0.39 is 0 Å². The molecule has 0 heterocycles. The van der Waals surface area contributed by atoms with E-state index in [0.717, 1.165) is 128 Å². The van der Waals surface area contributed by atoms with Gasteiger partial charge in [-0.2, -0.15) is 0 Å². The molecule has 2 unspecified atom stereocenters. The number of rotatable bonds is 37. The van der Waals surface area contributed by atoms with Crippen molar-refractivity contribution in [1.82, 2.24) is 0 Å². The Balaban J connectivity index is -0.000000139. The van der Waals surface area contributed by atoms with E-state index in [9.17, 15) is 0 Å². The molecule has 0 fully saturated rings. The lowest BCUT2D eigenvalue weighted by atomic mass is 9.94. The molecule has 0 radical (unpaired) electrons. The molecule has 72 heavy (non-hydrogen) atoms. The zero-order valence-corrected chi connectivity index (χ0v) is 53.5. The van der Waals surface area contributed by atoms with Gasteiger partial charge in [0.2, 0.25) is 0 Å². The molecule has 0 aliphatic carbocycles. The Morgan fingerprint density at radius 3 is 0.667 bits per heavy atom. The van der Waals surface area contributed by atoms with Gasteiger partial charge in [0.15, 0.2) is 0 Å². The SMILES string of the molecule is C=CCOCC(COCC=C)C(C)C.CCC(COC)C(C)C.CCCOCC(COCCC)C(C)C.CC[C@@H](COC)C(C)C.COCC(C)C(C)C.COCC(COC)C(C)C.COC[C@H](C)C(C)C. The van der Waals surface area contributed by atoms with Crippen LogP contribution in [-0.4, -0.2) is 135 Å². The van der Waals surface area contributed by atoms with Gasteiger partial charge in [0.05, 0.1) is 52.9 Å². The van der Waals surface area contributed by atoms with Gasteiger partial charge in [0, 0.05) is 100 Å². The second-order valence-corrected chi connectivity index (χ2v) is 21.8. The number of ether oxygens (including phenoxy) is 10. The highest BCUT2D eigenvalue weighted by molar-refractivity contribution is 4.69. The minimum Gasteiger partial charge on any atom is -0.384 e. The third kappa shape index (κ3) is 67.1. The van der Waals surface area contributed by atoms with Crippen molar-refractivity contribution < 1.29 is 47.4 Å². The molecule has 0 amide bonds. The second-order valence-electron chi connectivity index (χ2n) is 21.8. The molecule has 442 valence electrons. The van der Waals surface area contributed by atoms with Crippen LogP contribution in [-0.2, 0) is 47.4 Å². The van der Waals surface area contributed by atoms with Gasteiger partial charge in [-0.3, -0.25) is 0 Å². The van der Waals surface area contributed by atoms with E-state index in [-0.39, 0.29) is 0 Å². The van der Waals surface area contributed by atoms with E-state index in [1.807, 2.05) is 0 Å². The predicted molar refractivity (Wildman–Crippen MR) is 316 cm³/mol. The van der Waals surface area contributed by atoms with Crippen molar-refractivity contribution in [2.24, 2.45) is 82.9 Å². The fraction of sp³-hybridized carbons (Fsp3) is 0.935. The van der Waals surface area contributed by atoms with Gasteiger partial charge in [-0.05, 0) is 77.9 Å². The Morgan fingerprint density at radius 2 is 0.514 bits per heavy atom. The predicted octanol–water partition coefficient (Wildman–Crippen LogP) is 15.8. The minimum atomic E-state index is 0.454. The van der Waals surface area contributed by atoms with Crippen molar-refractivity contribution in [3.8, 4) is 0 Å². The van der Waals surface area contributed by atoms with Gasteiger partial charge in [0.1, 0.15) is 0 Å². The van der Waals surface area contributed by atoms with Crippen molar-refractivity contribution in [2.45, 2.75) is 164 Å². The third-order valence-corrected chi connectivity index (χ3v) is 12.9. The Bertz CT molecular complexity index is 910. The molecule has 0 rings (SSSR count). The molecule has 0 aliphatic rings. The van der Waals surface area contributed by atoms with E-state index >= 15 is 0 Å². The lowest BCUT2D eigenvalue weighted by molar-refractivity contribution is 0.0221. The lowest BCUT2D eigenvalue weighted by Crippen LogP contribution is -2.22. The van der Waals surface area contributed by atoms with E-state index in [1.165, 1.54) is 12.8 Å². The molecule has 0 saturated heterocycles. The first kappa shape index (κ1) is 85.0. The maximum absolute atomic E-state index is 5.56. The van der Waals surface area contributed by atoms with Crippen LogP contribution in [0, 0.1) is 82.9 Å². The number of methoxy groups -OCH3 is 6. The third-order valence-electron chi connectivity index (χ3n) is 12.9. The second kappa shape index (κ2) is 66.2. The first-order chi connectivity index (χ1) is 34.0. The average Bonchev–Trinajstić information content (AvgIpc) is 3.32. The standard InChI is InChI=1S/C12H26O2.C12H22O2.C8H18O2.2C8H18O.2C7H16O/c2*1-5-7-13-9-12(11(3)4)10-14-8-6-2;1-7(2)8(5-9-3)6-10-4;2*1-5-8(6-9-4)7(2)3;2*1-6(2)7(3)5-8-4/h11-12H,5-10H2,1-4H3;5-6,11-12H,1-2,7-10H2,3-4H3;7-8H,5-6H2,1-4H3;2*7-8H,5-6H2,1-4H3;2*6-7H,5H2,1-4H3/t;;;8-;;7-;/m...0.0./s1. The summed E-state index contributed by atoms with van der Waals surface area (Å²) in [7, 11) is 10.5. The fourth-order valence-corrected chi connectivity index (χ4v) is 5.99. The van der Waals surface area contributed by atoms with Crippen molar-refractivity contribution in [2.75, 3.05) is 135 Å². The van der Waals surface area contributed by atoms with Crippen LogP contribution in [0.1, 0.15) is 164 Å². The van der Waals surface area contributed by atoms with Crippen molar-refractivity contribution in [3.05, 3.63) is 25.3 Å². The van der Waals surface area contributed by atoms with Crippen LogP contribution < -0.4 is 0 Å². The molecule has 0 bridgehead atoms. The highest BCUT2D eigenvalue weighted by Gasteiger charge is 2.15. The molecule has 0 N–H and O–H groups in total. The van der Waals surface area contributed by atoms with Gasteiger partial charge in [-0.25, -0.2) is 0 Å². The van der Waals surface area contributed by atoms with E-state index in [4.69, 9.17) is 47.4 Å². The van der Waals surface area contributed by atoms with Crippen molar-refractivity contribution >= 4 is 0 Å². The summed E-state index contributed by atoms with van der Waals surface area (Å²) in [4.78, 5) is 0. The molecular weight excluding hydrogens is 905 g/mol. The summed E-state index contributed by atoms with van der Waals surface area (Å²) in [5.41, 5.74) is 0. The first-order valence-corrected chi connectivity index (χ1v) is 28.4. The summed E-state index contributed by atoms with van der Waals surface area (Å²) in [5, 5.41) is 0. The van der Waals surface area contributed by atoms with Crippen molar-refractivity contribution in [1.29, 1.82) is 0 Å². The molecule has 0 spiro atoms. The molecule has 0 aromatic carbocycles. The van der Waals surface area contributed by atoms with Crippen LogP contribution in [0.4, 0.5) is 0 Å². The summed E-state index contributed by atoms with van der Waals surface area (Å²) in [6.07, 6.45) is 8.18. The quantitative estimate of drug-likeness (QED) is 0.0442. The van der Waals surface area contributed by atoms with Gasteiger partial charge in [0.25, 0.3) is 0 Å². The molecule has 0 aromatic heterocycles. The molecule has 0 saturated carbocycles. The topological polar surface area (TPSA) is 92.3 Å². The highest BCUT2D eigenvalue weighted by atomic mass is 16.5. The molecule has 10 heteroatoms. The van der Waals surface area contributed by atoms with Gasteiger partial charge >= 0.3 is 0 Å². The summed E-state index contributed by atoms with van der Waals surface area (Å²) in [5.74, 6) is 9.28. The summed E-state index contributed by atoms with van der Waals surface area (Å²) in [6.45, 7) is 62.7. The normalized spacial score (nSPS) is 12.8. The van der Waals surface area contributed by atoms with Gasteiger partial charge < -0.3 is 47.4 Å². The largest absolute Gasteiger partial charge is 0.384 e. The van der Waals surface area contributed by atoms with Crippen molar-refractivity contribution in [3.63, 3.8) is 0 Å². The van der Waals surface area contributed by atoms with Crippen LogP contribution in [0.15, 0.2) is 25.3 Å². The van der Waals surface area contributed by atoms with Crippen LogP contribution in [0.5, 0.6) is 0 Å². The molecule has 10 nitrogen and oxygen atoms in total. The van der Waals surface area contributed by atoms with Crippen LogP contribution >= 0.6 is 0 Å². The maximum Gasteiger partial charge on any atom is 0.0644 e. The van der Waals surface area contributed by atoms with Crippen LogP contribution in [0.25, 0.3) is 0 Å². The monoisotopic (exact) mass is 1040 g/mol. The number of hydrogen-bond donors (Lipinski definition) is 0. The van der Waals surface area contributed by atoms with E-state index in [0.29, 0.717) is 60.6 Å². The zero-order chi connectivity index (χ0) is 57.3. The molecule has 0 aromatic rings. The van der Waals surface area contributed by atoms with Gasteiger partial charge in [-0.1, -0.05) is 163 Å². The molecule has 4 atom stereocenters. The first-order valence-electron chi connectivity index (χ1n) is 28.4. The van der Waals surface area contributed by atoms with Crippen LogP contribution in [0.3, 0.4) is 0 Å². The minimum absolute atomic E-state index is 0.454. The van der Waals surface area contributed by atoms with Crippen LogP contribution in [0.2, 0.25) is 0 Å². The summed E-state index contributed by atoms with van der Waals surface area (Å²) in [6, 6.07) is 0. The van der Waals surface area contributed by atoms with Gasteiger partial charge in [-0.15, -0.1) is 13.2 Å². The van der Waals surface area contributed by atoms with E-state index in [1.54, 1.807) is 54.8 Å². The Labute approximate surface area is 453 Å². The fourth-order valence-electron chi connectivity index (χ4n) is 5.99. The zero-order valence-electron chi connectivity index (χ0n) is 53.5. The highest BCUT2D eigenvalue weighted by Crippen LogP contribution is 2.16. The maximum atomic E-state index is 5.56. The van der Waals surface area contributed by atoms with E-state index in [2.05, 4.69) is 152 Å². The Morgan fingerprint density at radius 1 is 0.292 bits per heavy atom. The summed E-state index contributed by atoms with van der Waals surface area (Å²) < 4.78 is 52.1. The molecule has 0 aliphatic heterocycles. The smallest absolute Gasteiger partial charge is 0.0644 e. The Hall–Kier alpha value is -0.920. The lowest BCUT2D eigenvalue weighted by Gasteiger charge is -2.20. The number of hydrogen-bond acceptors (Lipinski definition) is 10.